The summed E-state index contributed by atoms with van der Waals surface area (Å²) in [5.41, 5.74) is 2.53. The topological polar surface area (TPSA) is 78.9 Å². The maximum Gasteiger partial charge on any atom is 0.373 e. The molecule has 1 aromatic carbocycles. The highest BCUT2D eigenvalue weighted by Gasteiger charge is 2.26. The lowest BCUT2D eigenvalue weighted by molar-refractivity contribution is 0.0684. The molecule has 2 aromatic rings. The molecule has 17 heavy (non-hydrogen) atoms. The van der Waals surface area contributed by atoms with Crippen molar-refractivity contribution in [2.45, 2.75) is 18.8 Å². The van der Waals surface area contributed by atoms with Crippen LogP contribution in [-0.2, 0) is 6.42 Å². The molecule has 5 nitrogen and oxygen atoms in total. The molecule has 0 saturated heterocycles. The van der Waals surface area contributed by atoms with Gasteiger partial charge >= 0.3 is 5.97 Å². The fourth-order valence-electron chi connectivity index (χ4n) is 2.37. The number of carboxylic acid groups (broad SMARTS) is 1. The Hall–Kier alpha value is -2.17. The SMILES string of the molecule is O=C(O)c1nnc(C2CCc3ccccc32)[nH]1. The Bertz CT molecular complexity index is 577. The van der Waals surface area contributed by atoms with E-state index in [1.54, 1.807) is 0 Å². The van der Waals surface area contributed by atoms with E-state index in [4.69, 9.17) is 5.11 Å². The summed E-state index contributed by atoms with van der Waals surface area (Å²) in [6, 6.07) is 8.18. The van der Waals surface area contributed by atoms with Gasteiger partial charge < -0.3 is 10.1 Å². The van der Waals surface area contributed by atoms with Crippen molar-refractivity contribution in [2.24, 2.45) is 0 Å². The molecule has 1 atom stereocenters. The van der Waals surface area contributed by atoms with Gasteiger partial charge in [-0.1, -0.05) is 24.3 Å². The number of aryl methyl sites for hydroxylation is 1. The summed E-state index contributed by atoms with van der Waals surface area (Å²) in [5, 5.41) is 16.4. The molecule has 1 heterocycles. The minimum atomic E-state index is -1.07. The van der Waals surface area contributed by atoms with E-state index in [9.17, 15) is 4.79 Å². The lowest BCUT2D eigenvalue weighted by Crippen LogP contribution is -2.01. The first-order chi connectivity index (χ1) is 8.25. The normalized spacial score (nSPS) is 18.0. The summed E-state index contributed by atoms with van der Waals surface area (Å²) in [6.07, 6.45) is 1.96. The molecule has 0 aliphatic heterocycles. The fourth-order valence-corrected chi connectivity index (χ4v) is 2.37. The molecular weight excluding hydrogens is 218 g/mol. The Kier molecular flexibility index (Phi) is 2.18. The first-order valence-corrected chi connectivity index (χ1v) is 5.49. The monoisotopic (exact) mass is 229 g/mol. The smallest absolute Gasteiger partial charge is 0.373 e. The van der Waals surface area contributed by atoms with E-state index in [-0.39, 0.29) is 11.7 Å². The van der Waals surface area contributed by atoms with Crippen molar-refractivity contribution in [3.05, 3.63) is 47.0 Å². The largest absolute Gasteiger partial charge is 0.475 e. The van der Waals surface area contributed by atoms with Crippen LogP contribution in [0.1, 0.15) is 39.9 Å². The van der Waals surface area contributed by atoms with Crippen LogP contribution >= 0.6 is 0 Å². The van der Waals surface area contributed by atoms with Gasteiger partial charge in [0.25, 0.3) is 0 Å². The van der Waals surface area contributed by atoms with Crippen molar-refractivity contribution < 1.29 is 9.90 Å². The van der Waals surface area contributed by atoms with Crippen LogP contribution < -0.4 is 0 Å². The molecule has 0 bridgehead atoms. The maximum absolute atomic E-state index is 10.7. The van der Waals surface area contributed by atoms with E-state index in [1.165, 1.54) is 11.1 Å². The predicted molar refractivity (Wildman–Crippen MR) is 59.9 cm³/mol. The maximum atomic E-state index is 10.7. The van der Waals surface area contributed by atoms with Gasteiger partial charge in [-0.3, -0.25) is 0 Å². The number of aromatic nitrogens is 3. The van der Waals surface area contributed by atoms with Gasteiger partial charge in [-0.05, 0) is 24.0 Å². The number of carbonyl (C=O) groups is 1. The van der Waals surface area contributed by atoms with Crippen molar-refractivity contribution in [3.8, 4) is 0 Å². The molecule has 1 aromatic heterocycles. The lowest BCUT2D eigenvalue weighted by Gasteiger charge is -2.06. The third-order valence-corrected chi connectivity index (χ3v) is 3.17. The van der Waals surface area contributed by atoms with E-state index >= 15 is 0 Å². The second kappa shape index (κ2) is 3.69. The first kappa shape index (κ1) is 10.0. The second-order valence-corrected chi connectivity index (χ2v) is 4.15. The predicted octanol–water partition coefficient (Wildman–Crippen LogP) is 1.58. The number of aromatic amines is 1. The number of hydrogen-bond donors (Lipinski definition) is 2. The number of nitrogens with zero attached hydrogens (tertiary/aromatic N) is 2. The van der Waals surface area contributed by atoms with Crippen LogP contribution in [-0.4, -0.2) is 26.3 Å². The highest BCUT2D eigenvalue weighted by atomic mass is 16.4. The Labute approximate surface area is 97.5 Å². The molecule has 2 N–H and O–H groups in total. The Morgan fingerprint density at radius 3 is 2.94 bits per heavy atom. The number of nitrogens with one attached hydrogen (secondary N) is 1. The van der Waals surface area contributed by atoms with E-state index in [2.05, 4.69) is 27.3 Å². The molecule has 86 valence electrons. The molecule has 0 amide bonds. The van der Waals surface area contributed by atoms with E-state index in [1.807, 2.05) is 12.1 Å². The average Bonchev–Trinajstić information content (AvgIpc) is 2.95. The summed E-state index contributed by atoms with van der Waals surface area (Å²) < 4.78 is 0. The van der Waals surface area contributed by atoms with Crippen LogP contribution in [0.2, 0.25) is 0 Å². The molecule has 1 unspecified atom stereocenters. The Morgan fingerprint density at radius 2 is 2.18 bits per heavy atom. The number of benzene rings is 1. The average molecular weight is 229 g/mol. The van der Waals surface area contributed by atoms with Gasteiger partial charge in [0.1, 0.15) is 5.82 Å². The highest BCUT2D eigenvalue weighted by Crippen LogP contribution is 2.36. The van der Waals surface area contributed by atoms with Gasteiger partial charge in [-0.2, -0.15) is 0 Å². The van der Waals surface area contributed by atoms with Gasteiger partial charge in [-0.25, -0.2) is 4.79 Å². The third-order valence-electron chi connectivity index (χ3n) is 3.17. The van der Waals surface area contributed by atoms with Gasteiger partial charge in [0, 0.05) is 5.92 Å². The van der Waals surface area contributed by atoms with E-state index in [0.29, 0.717) is 5.82 Å². The van der Waals surface area contributed by atoms with Crippen LogP contribution in [0.5, 0.6) is 0 Å². The van der Waals surface area contributed by atoms with Crippen molar-refractivity contribution in [1.29, 1.82) is 0 Å². The van der Waals surface area contributed by atoms with Crippen LogP contribution in [0.3, 0.4) is 0 Å². The minimum absolute atomic E-state index is 0.0932. The third kappa shape index (κ3) is 1.60. The molecular formula is C12H11N3O2. The van der Waals surface area contributed by atoms with Gasteiger partial charge in [0.05, 0.1) is 0 Å². The van der Waals surface area contributed by atoms with Crippen molar-refractivity contribution in [1.82, 2.24) is 15.2 Å². The number of fused-ring (bicyclic) bond motifs is 1. The van der Waals surface area contributed by atoms with Crippen LogP contribution in [0.15, 0.2) is 24.3 Å². The van der Waals surface area contributed by atoms with Crippen LogP contribution in [0.25, 0.3) is 0 Å². The quantitative estimate of drug-likeness (QED) is 0.819. The summed E-state index contributed by atoms with van der Waals surface area (Å²) in [7, 11) is 0. The molecule has 1 aliphatic rings. The summed E-state index contributed by atoms with van der Waals surface area (Å²) in [5.74, 6) is -0.376. The summed E-state index contributed by atoms with van der Waals surface area (Å²) >= 11 is 0. The lowest BCUT2D eigenvalue weighted by atomic mass is 10.0. The molecule has 0 spiro atoms. The number of rotatable bonds is 2. The van der Waals surface area contributed by atoms with Gasteiger partial charge in [0.15, 0.2) is 0 Å². The van der Waals surface area contributed by atoms with Crippen molar-refractivity contribution in [3.63, 3.8) is 0 Å². The molecule has 3 rings (SSSR count). The number of carboxylic acids is 1. The van der Waals surface area contributed by atoms with Crippen LogP contribution in [0.4, 0.5) is 0 Å². The summed E-state index contributed by atoms with van der Waals surface area (Å²) in [6.45, 7) is 0. The van der Waals surface area contributed by atoms with Crippen molar-refractivity contribution in [2.75, 3.05) is 0 Å². The van der Waals surface area contributed by atoms with Crippen LogP contribution in [0, 0.1) is 0 Å². The van der Waals surface area contributed by atoms with Gasteiger partial charge in [-0.15, -0.1) is 10.2 Å². The minimum Gasteiger partial charge on any atom is -0.475 e. The summed E-state index contributed by atoms with van der Waals surface area (Å²) in [4.78, 5) is 13.5. The van der Waals surface area contributed by atoms with E-state index in [0.717, 1.165) is 12.8 Å². The Balaban J connectivity index is 1.98. The zero-order valence-corrected chi connectivity index (χ0v) is 9.05. The van der Waals surface area contributed by atoms with E-state index < -0.39 is 5.97 Å². The number of aromatic carboxylic acids is 1. The second-order valence-electron chi connectivity index (χ2n) is 4.15. The van der Waals surface area contributed by atoms with Crippen molar-refractivity contribution >= 4 is 5.97 Å². The molecule has 1 aliphatic carbocycles. The molecule has 0 radical (unpaired) electrons. The number of H-pyrrole nitrogens is 1. The van der Waals surface area contributed by atoms with Gasteiger partial charge in [0.2, 0.25) is 5.82 Å². The highest BCUT2D eigenvalue weighted by molar-refractivity contribution is 5.82. The fraction of sp³-hybridized carbons (Fsp3) is 0.250. The molecule has 0 saturated carbocycles. The Morgan fingerprint density at radius 1 is 1.35 bits per heavy atom. The number of hydrogen-bond acceptors (Lipinski definition) is 3. The molecule has 5 heteroatoms. The zero-order chi connectivity index (χ0) is 11.8. The molecule has 0 fully saturated rings. The zero-order valence-electron chi connectivity index (χ0n) is 9.05. The standard InChI is InChI=1S/C12H11N3O2/c16-12(17)11-13-10(14-15-11)9-6-5-7-3-1-2-4-8(7)9/h1-4,9H,5-6H2,(H,16,17)(H,13,14,15). The first-order valence-electron chi connectivity index (χ1n) is 5.49.